The fourth-order valence-electron chi connectivity index (χ4n) is 3.28. The van der Waals surface area contributed by atoms with Crippen molar-refractivity contribution in [3.8, 4) is 0 Å². The van der Waals surface area contributed by atoms with E-state index in [0.717, 1.165) is 11.1 Å². The summed E-state index contributed by atoms with van der Waals surface area (Å²) in [6.45, 7) is 3.90. The second-order valence-electron chi connectivity index (χ2n) is 6.75. The highest BCUT2D eigenvalue weighted by molar-refractivity contribution is 6.30. The molecule has 0 bridgehead atoms. The molecule has 1 aliphatic heterocycles. The number of likely N-dealkylation sites (N-methyl/N-ethyl adjacent to an activating group) is 1. The van der Waals surface area contributed by atoms with E-state index in [-0.39, 0.29) is 18.7 Å². The van der Waals surface area contributed by atoms with Gasteiger partial charge in [0.1, 0.15) is 0 Å². The second-order valence-corrected chi connectivity index (χ2v) is 7.19. The molecule has 2 aromatic rings. The van der Waals surface area contributed by atoms with E-state index in [2.05, 4.69) is 27.3 Å². The number of aromatic nitrogens is 2. The number of aliphatic hydroxyl groups is 1. The zero-order valence-corrected chi connectivity index (χ0v) is 15.3. The van der Waals surface area contributed by atoms with Crippen molar-refractivity contribution in [2.75, 3.05) is 33.4 Å². The van der Waals surface area contributed by atoms with Gasteiger partial charge in [0.2, 0.25) is 0 Å². The number of aliphatic hydroxyl groups excluding tert-OH is 1. The molecule has 2 heterocycles. The Hall–Kier alpha value is -1.44. The molecular formula is C18H25ClN4O2. The third-order valence-corrected chi connectivity index (χ3v) is 5.38. The number of H-pyrrole nitrogens is 1. The number of rotatable bonds is 6. The van der Waals surface area contributed by atoms with E-state index in [0.29, 0.717) is 24.8 Å². The van der Waals surface area contributed by atoms with Gasteiger partial charge < -0.3 is 15.2 Å². The van der Waals surface area contributed by atoms with E-state index in [9.17, 15) is 5.11 Å². The van der Waals surface area contributed by atoms with Crippen LogP contribution in [0.5, 0.6) is 0 Å². The molecule has 0 saturated carbocycles. The van der Waals surface area contributed by atoms with Gasteiger partial charge in [-0.2, -0.15) is 5.10 Å². The molecule has 1 aliphatic rings. The van der Waals surface area contributed by atoms with Gasteiger partial charge in [0.05, 0.1) is 37.6 Å². The van der Waals surface area contributed by atoms with Gasteiger partial charge in [0.25, 0.3) is 0 Å². The Kier molecular flexibility index (Phi) is 5.76. The maximum Gasteiger partial charge on any atom is 0.0802 e. The Morgan fingerprint density at radius 3 is 2.84 bits per heavy atom. The minimum Gasteiger partial charge on any atom is -0.394 e. The van der Waals surface area contributed by atoms with Crippen molar-refractivity contribution in [2.24, 2.45) is 0 Å². The van der Waals surface area contributed by atoms with Gasteiger partial charge in [0.15, 0.2) is 0 Å². The molecule has 1 fully saturated rings. The summed E-state index contributed by atoms with van der Waals surface area (Å²) in [6.07, 6.45) is 3.68. The van der Waals surface area contributed by atoms with Crippen molar-refractivity contribution >= 4 is 11.6 Å². The van der Waals surface area contributed by atoms with Crippen molar-refractivity contribution in [3.05, 3.63) is 52.8 Å². The predicted molar refractivity (Wildman–Crippen MR) is 97.7 cm³/mol. The van der Waals surface area contributed by atoms with E-state index in [1.807, 2.05) is 43.7 Å². The average molecular weight is 365 g/mol. The van der Waals surface area contributed by atoms with Gasteiger partial charge in [-0.3, -0.25) is 10.00 Å². The van der Waals surface area contributed by atoms with Crippen molar-refractivity contribution in [3.63, 3.8) is 0 Å². The van der Waals surface area contributed by atoms with Crippen LogP contribution < -0.4 is 5.32 Å². The number of nitrogens with one attached hydrogen (secondary N) is 2. The van der Waals surface area contributed by atoms with Crippen LogP contribution in [0.2, 0.25) is 5.02 Å². The van der Waals surface area contributed by atoms with Crippen LogP contribution >= 0.6 is 11.6 Å². The molecule has 25 heavy (non-hydrogen) atoms. The van der Waals surface area contributed by atoms with E-state index in [1.54, 1.807) is 0 Å². The molecule has 136 valence electrons. The molecule has 1 unspecified atom stereocenters. The Labute approximate surface area is 153 Å². The minimum absolute atomic E-state index is 0.0273. The minimum atomic E-state index is -0.452. The lowest BCUT2D eigenvalue weighted by atomic mass is 9.94. The number of halogens is 1. The fraction of sp³-hybridized carbons (Fsp3) is 0.500. The SMILES string of the molecule is C[C@@H]1COC[C@@](CO)(CNC(c2ccc(Cl)cc2)c2cn[nH]c2)N1C. The first-order valence-corrected chi connectivity index (χ1v) is 8.82. The summed E-state index contributed by atoms with van der Waals surface area (Å²) >= 11 is 6.02. The van der Waals surface area contributed by atoms with Crippen LogP contribution in [0, 0.1) is 0 Å². The summed E-state index contributed by atoms with van der Waals surface area (Å²) in [5.41, 5.74) is 1.67. The first-order chi connectivity index (χ1) is 12.1. The molecule has 1 aromatic carbocycles. The molecule has 0 radical (unpaired) electrons. The predicted octanol–water partition coefficient (Wildman–Crippen LogP) is 1.82. The van der Waals surface area contributed by atoms with Crippen molar-refractivity contribution < 1.29 is 9.84 Å². The number of aromatic amines is 1. The molecule has 1 saturated heterocycles. The van der Waals surface area contributed by atoms with Crippen LogP contribution in [0.3, 0.4) is 0 Å². The van der Waals surface area contributed by atoms with Crippen LogP contribution in [-0.4, -0.2) is 65.2 Å². The van der Waals surface area contributed by atoms with Crippen LogP contribution in [0.4, 0.5) is 0 Å². The molecule has 3 atom stereocenters. The lowest BCUT2D eigenvalue weighted by Crippen LogP contribution is -2.65. The topological polar surface area (TPSA) is 73.4 Å². The molecule has 7 heteroatoms. The summed E-state index contributed by atoms with van der Waals surface area (Å²) in [4.78, 5) is 2.21. The van der Waals surface area contributed by atoms with Crippen LogP contribution in [0.15, 0.2) is 36.7 Å². The number of hydrogen-bond acceptors (Lipinski definition) is 5. The van der Waals surface area contributed by atoms with E-state index in [1.165, 1.54) is 0 Å². The molecule has 0 amide bonds. The normalized spacial score (nSPS) is 25.8. The van der Waals surface area contributed by atoms with E-state index < -0.39 is 5.54 Å². The average Bonchev–Trinajstić information content (AvgIpc) is 3.15. The summed E-state index contributed by atoms with van der Waals surface area (Å²) < 4.78 is 5.73. The number of nitrogens with zero attached hydrogens (tertiary/aromatic N) is 2. The second kappa shape index (κ2) is 7.85. The lowest BCUT2D eigenvalue weighted by molar-refractivity contribution is -0.106. The van der Waals surface area contributed by atoms with Crippen molar-refractivity contribution in [1.29, 1.82) is 0 Å². The van der Waals surface area contributed by atoms with Crippen LogP contribution in [-0.2, 0) is 4.74 Å². The fourth-order valence-corrected chi connectivity index (χ4v) is 3.41. The zero-order valence-electron chi connectivity index (χ0n) is 14.6. The highest BCUT2D eigenvalue weighted by atomic mass is 35.5. The molecule has 1 aromatic heterocycles. The molecular weight excluding hydrogens is 340 g/mol. The maximum atomic E-state index is 10.1. The van der Waals surface area contributed by atoms with Gasteiger partial charge in [-0.25, -0.2) is 0 Å². The number of hydrogen-bond donors (Lipinski definition) is 3. The highest BCUT2D eigenvalue weighted by Crippen LogP contribution is 2.26. The molecule has 3 N–H and O–H groups in total. The van der Waals surface area contributed by atoms with Crippen molar-refractivity contribution in [2.45, 2.75) is 24.5 Å². The van der Waals surface area contributed by atoms with Crippen LogP contribution in [0.1, 0.15) is 24.1 Å². The third kappa shape index (κ3) is 3.88. The smallest absolute Gasteiger partial charge is 0.0802 e. The lowest BCUT2D eigenvalue weighted by Gasteiger charge is -2.48. The van der Waals surface area contributed by atoms with Crippen LogP contribution in [0.25, 0.3) is 0 Å². The summed E-state index contributed by atoms with van der Waals surface area (Å²) in [6, 6.07) is 7.97. The summed E-state index contributed by atoms with van der Waals surface area (Å²) in [5, 5.41) is 21.3. The number of ether oxygens (including phenoxy) is 1. The van der Waals surface area contributed by atoms with Crippen molar-refractivity contribution in [1.82, 2.24) is 20.4 Å². The van der Waals surface area contributed by atoms with Gasteiger partial charge in [0, 0.05) is 29.4 Å². The standard InChI is InChI=1S/C18H25ClN4O2/c1-13-9-25-12-18(11-24,23(13)2)10-20-17(15-7-21-22-8-15)14-3-5-16(19)6-4-14/h3-8,13,17,20,24H,9-12H2,1-2H3,(H,21,22)/t13-,17?,18+/m1/s1. The quantitative estimate of drug-likeness (QED) is 0.729. The Morgan fingerprint density at radius 2 is 2.20 bits per heavy atom. The number of benzene rings is 1. The first kappa shape index (κ1) is 18.4. The van der Waals surface area contributed by atoms with Gasteiger partial charge in [-0.15, -0.1) is 0 Å². The van der Waals surface area contributed by atoms with Gasteiger partial charge in [-0.1, -0.05) is 23.7 Å². The van der Waals surface area contributed by atoms with Gasteiger partial charge >= 0.3 is 0 Å². The van der Waals surface area contributed by atoms with E-state index in [4.69, 9.17) is 16.3 Å². The first-order valence-electron chi connectivity index (χ1n) is 8.45. The Morgan fingerprint density at radius 1 is 1.44 bits per heavy atom. The third-order valence-electron chi connectivity index (χ3n) is 5.12. The number of morpholine rings is 1. The monoisotopic (exact) mass is 364 g/mol. The highest BCUT2D eigenvalue weighted by Gasteiger charge is 2.40. The van der Waals surface area contributed by atoms with Gasteiger partial charge in [-0.05, 0) is 31.7 Å². The Balaban J connectivity index is 1.82. The summed E-state index contributed by atoms with van der Waals surface area (Å²) in [5.74, 6) is 0. The van der Waals surface area contributed by atoms with E-state index >= 15 is 0 Å². The molecule has 6 nitrogen and oxygen atoms in total. The largest absolute Gasteiger partial charge is 0.394 e. The Bertz CT molecular complexity index is 664. The molecule has 0 aliphatic carbocycles. The maximum absolute atomic E-state index is 10.1. The zero-order chi connectivity index (χ0) is 17.9. The summed E-state index contributed by atoms with van der Waals surface area (Å²) in [7, 11) is 2.04. The molecule has 3 rings (SSSR count). The molecule has 0 spiro atoms.